The van der Waals surface area contributed by atoms with E-state index >= 15 is 0 Å². The van der Waals surface area contributed by atoms with Crippen molar-refractivity contribution in [2.45, 2.75) is 18.2 Å². The van der Waals surface area contributed by atoms with E-state index < -0.39 is 15.9 Å². The molecular formula is C22H28ClN3O5S. The highest BCUT2D eigenvalue weighted by Gasteiger charge is 2.18. The van der Waals surface area contributed by atoms with Gasteiger partial charge in [0.2, 0.25) is 10.0 Å². The number of anilines is 1. The van der Waals surface area contributed by atoms with Crippen LogP contribution in [-0.4, -0.2) is 65.2 Å². The van der Waals surface area contributed by atoms with Gasteiger partial charge in [0, 0.05) is 30.2 Å². The zero-order valence-corrected chi connectivity index (χ0v) is 19.5. The fourth-order valence-corrected chi connectivity index (χ4v) is 4.49. The van der Waals surface area contributed by atoms with Crippen LogP contribution in [0.1, 0.15) is 23.7 Å². The molecule has 2 aromatic carbocycles. The van der Waals surface area contributed by atoms with Crippen LogP contribution in [-0.2, 0) is 14.8 Å². The number of morpholine rings is 1. The fraction of sp³-hybridized carbons (Fsp3) is 0.409. The maximum atomic E-state index is 12.8. The van der Waals surface area contributed by atoms with Crippen LogP contribution in [0, 0.1) is 0 Å². The number of carbonyl (C=O) groups excluding carboxylic acids is 1. The maximum absolute atomic E-state index is 12.8. The van der Waals surface area contributed by atoms with Crippen LogP contribution in [0.15, 0.2) is 47.4 Å². The number of sulfonamides is 1. The van der Waals surface area contributed by atoms with Crippen molar-refractivity contribution >= 4 is 33.2 Å². The van der Waals surface area contributed by atoms with Gasteiger partial charge in [0.15, 0.2) is 0 Å². The van der Waals surface area contributed by atoms with E-state index in [4.69, 9.17) is 21.1 Å². The monoisotopic (exact) mass is 481 g/mol. The molecule has 0 aromatic heterocycles. The molecule has 1 heterocycles. The molecule has 0 saturated carbocycles. The Kier molecular flexibility index (Phi) is 8.89. The van der Waals surface area contributed by atoms with Crippen molar-refractivity contribution in [2.75, 3.05) is 51.3 Å². The highest BCUT2D eigenvalue weighted by molar-refractivity contribution is 7.89. The fourth-order valence-electron chi connectivity index (χ4n) is 3.27. The number of carbonyl (C=O) groups is 1. The normalized spacial score (nSPS) is 14.8. The molecule has 1 aliphatic heterocycles. The molecule has 3 rings (SSSR count). The van der Waals surface area contributed by atoms with E-state index in [-0.39, 0.29) is 10.6 Å². The molecule has 0 aliphatic carbocycles. The number of hydrogen-bond donors (Lipinski definition) is 2. The standard InChI is InChI=1S/C22H28ClN3O5S/c1-2-31-21-9-8-19(16-20(21)25-22(27)17-4-6-18(23)7-5-17)32(28,29)24-10-3-11-26-12-14-30-15-13-26/h4-9,16,24H,2-3,10-15H2,1H3,(H,25,27). The Hall–Kier alpha value is -2.17. The van der Waals surface area contributed by atoms with E-state index in [1.165, 1.54) is 12.1 Å². The summed E-state index contributed by atoms with van der Waals surface area (Å²) in [5, 5.41) is 3.25. The molecule has 10 heteroatoms. The second kappa shape index (κ2) is 11.6. The maximum Gasteiger partial charge on any atom is 0.255 e. The van der Waals surface area contributed by atoms with E-state index in [1.54, 1.807) is 30.3 Å². The van der Waals surface area contributed by atoms with Gasteiger partial charge in [0.25, 0.3) is 5.91 Å². The molecule has 0 bridgehead atoms. The van der Waals surface area contributed by atoms with Gasteiger partial charge in [-0.1, -0.05) is 11.6 Å². The van der Waals surface area contributed by atoms with Crippen molar-refractivity contribution in [1.29, 1.82) is 0 Å². The lowest BCUT2D eigenvalue weighted by molar-refractivity contribution is 0.0376. The van der Waals surface area contributed by atoms with Crippen molar-refractivity contribution in [2.24, 2.45) is 0 Å². The molecule has 1 amide bonds. The summed E-state index contributed by atoms with van der Waals surface area (Å²) in [7, 11) is -3.74. The van der Waals surface area contributed by atoms with Crippen molar-refractivity contribution in [1.82, 2.24) is 9.62 Å². The first-order chi connectivity index (χ1) is 15.4. The Morgan fingerprint density at radius 2 is 1.88 bits per heavy atom. The number of rotatable bonds is 10. The second-order valence-corrected chi connectivity index (χ2v) is 9.46. The van der Waals surface area contributed by atoms with Gasteiger partial charge in [-0.15, -0.1) is 0 Å². The minimum absolute atomic E-state index is 0.0544. The van der Waals surface area contributed by atoms with Crippen molar-refractivity contribution in [3.63, 3.8) is 0 Å². The average Bonchev–Trinajstić information content (AvgIpc) is 2.79. The summed E-state index contributed by atoms with van der Waals surface area (Å²) >= 11 is 5.88. The molecule has 8 nitrogen and oxygen atoms in total. The van der Waals surface area contributed by atoms with Crippen LogP contribution in [0.2, 0.25) is 5.02 Å². The zero-order chi connectivity index (χ0) is 23.0. The van der Waals surface area contributed by atoms with E-state index in [1.807, 2.05) is 6.92 Å². The molecule has 0 spiro atoms. The molecular weight excluding hydrogens is 454 g/mol. The van der Waals surface area contributed by atoms with Crippen molar-refractivity contribution in [3.8, 4) is 5.75 Å². The predicted molar refractivity (Wildman–Crippen MR) is 124 cm³/mol. The quantitative estimate of drug-likeness (QED) is 0.506. The van der Waals surface area contributed by atoms with Gasteiger partial charge >= 0.3 is 0 Å². The van der Waals surface area contributed by atoms with Crippen LogP contribution in [0.3, 0.4) is 0 Å². The van der Waals surface area contributed by atoms with Gasteiger partial charge < -0.3 is 14.8 Å². The summed E-state index contributed by atoms with van der Waals surface area (Å²) in [6.07, 6.45) is 0.691. The molecule has 2 aromatic rings. The van der Waals surface area contributed by atoms with Crippen LogP contribution in [0.25, 0.3) is 0 Å². The Bertz CT molecular complexity index is 1010. The Labute approximate surface area is 193 Å². The lowest BCUT2D eigenvalue weighted by Crippen LogP contribution is -2.38. The molecule has 1 aliphatic rings. The number of nitrogens with one attached hydrogen (secondary N) is 2. The lowest BCUT2D eigenvalue weighted by Gasteiger charge is -2.26. The lowest BCUT2D eigenvalue weighted by atomic mass is 10.2. The first-order valence-electron chi connectivity index (χ1n) is 10.5. The second-order valence-electron chi connectivity index (χ2n) is 7.26. The summed E-state index contributed by atoms with van der Waals surface area (Å²) in [6.45, 7) is 6.45. The highest BCUT2D eigenvalue weighted by Crippen LogP contribution is 2.28. The molecule has 2 N–H and O–H groups in total. The van der Waals surface area contributed by atoms with Gasteiger partial charge in [0.1, 0.15) is 5.75 Å². The van der Waals surface area contributed by atoms with Gasteiger partial charge in [-0.3, -0.25) is 9.69 Å². The Morgan fingerprint density at radius 3 is 2.56 bits per heavy atom. The molecule has 0 atom stereocenters. The van der Waals surface area contributed by atoms with E-state index in [9.17, 15) is 13.2 Å². The first kappa shape index (κ1) is 24.5. The van der Waals surface area contributed by atoms with Crippen molar-refractivity contribution < 1.29 is 22.7 Å². The summed E-state index contributed by atoms with van der Waals surface area (Å²) in [4.78, 5) is 14.9. The summed E-state index contributed by atoms with van der Waals surface area (Å²) < 4.78 is 39.1. The summed E-state index contributed by atoms with van der Waals surface area (Å²) in [5.74, 6) is -0.00304. The van der Waals surface area contributed by atoms with E-state index in [2.05, 4.69) is 14.9 Å². The molecule has 1 fully saturated rings. The number of nitrogens with zero attached hydrogens (tertiary/aromatic N) is 1. The van der Waals surface area contributed by atoms with Crippen LogP contribution in [0.5, 0.6) is 5.75 Å². The van der Waals surface area contributed by atoms with Crippen LogP contribution in [0.4, 0.5) is 5.69 Å². The van der Waals surface area contributed by atoms with Crippen molar-refractivity contribution in [3.05, 3.63) is 53.1 Å². The molecule has 0 radical (unpaired) electrons. The number of benzene rings is 2. The minimum Gasteiger partial charge on any atom is -0.492 e. The number of amides is 1. The third-order valence-corrected chi connectivity index (χ3v) is 6.67. The number of ether oxygens (including phenoxy) is 2. The smallest absolute Gasteiger partial charge is 0.255 e. The van der Waals surface area contributed by atoms with E-state index in [0.29, 0.717) is 49.1 Å². The molecule has 32 heavy (non-hydrogen) atoms. The molecule has 1 saturated heterocycles. The minimum atomic E-state index is -3.74. The summed E-state index contributed by atoms with van der Waals surface area (Å²) in [5.41, 5.74) is 0.675. The Morgan fingerprint density at radius 1 is 1.16 bits per heavy atom. The topological polar surface area (TPSA) is 97.0 Å². The predicted octanol–water partition coefficient (Wildman–Crippen LogP) is 2.99. The largest absolute Gasteiger partial charge is 0.492 e. The first-order valence-corrected chi connectivity index (χ1v) is 12.4. The zero-order valence-electron chi connectivity index (χ0n) is 18.0. The van der Waals surface area contributed by atoms with Crippen LogP contribution >= 0.6 is 11.6 Å². The Balaban J connectivity index is 1.67. The van der Waals surface area contributed by atoms with E-state index in [0.717, 1.165) is 19.6 Å². The van der Waals surface area contributed by atoms with Gasteiger partial charge in [0.05, 0.1) is 30.4 Å². The van der Waals surface area contributed by atoms with Gasteiger partial charge in [-0.05, 0) is 62.4 Å². The average molecular weight is 482 g/mol. The summed E-state index contributed by atoms with van der Waals surface area (Å²) in [6, 6.07) is 10.8. The van der Waals surface area contributed by atoms with Gasteiger partial charge in [-0.25, -0.2) is 13.1 Å². The SMILES string of the molecule is CCOc1ccc(S(=O)(=O)NCCCN2CCOCC2)cc1NC(=O)c1ccc(Cl)cc1. The third-order valence-electron chi connectivity index (χ3n) is 4.96. The molecule has 0 unspecified atom stereocenters. The van der Waals surface area contributed by atoms with Crippen LogP contribution < -0.4 is 14.8 Å². The number of halogens is 1. The highest BCUT2D eigenvalue weighted by atomic mass is 35.5. The number of hydrogen-bond acceptors (Lipinski definition) is 6. The van der Waals surface area contributed by atoms with Gasteiger partial charge in [-0.2, -0.15) is 0 Å². The molecule has 174 valence electrons. The third kappa shape index (κ3) is 6.91.